The Kier molecular flexibility index (Phi) is 12.5. The van der Waals surface area contributed by atoms with E-state index in [0.29, 0.717) is 12.7 Å². The quantitative estimate of drug-likeness (QED) is 0.421. The normalized spacial score (nSPS) is 11.4. The molecule has 0 radical (unpaired) electrons. The molecule has 0 saturated heterocycles. The van der Waals surface area contributed by atoms with Gasteiger partial charge in [0, 0.05) is 0 Å². The summed E-state index contributed by atoms with van der Waals surface area (Å²) in [6.45, 7) is 9.40. The second kappa shape index (κ2) is 12.2. The van der Waals surface area contributed by atoms with Crippen molar-refractivity contribution in [1.82, 2.24) is 0 Å². The van der Waals surface area contributed by atoms with Crippen LogP contribution in [0.2, 0.25) is 0 Å². The molecule has 0 aliphatic rings. The fraction of sp³-hybridized carbons (Fsp3) is 0.467. The molecule has 1 aromatic carbocycles. The van der Waals surface area contributed by atoms with Crippen molar-refractivity contribution in [3.05, 3.63) is 42.0 Å². The molecular weight excluding hydrogens is 341 g/mol. The van der Waals surface area contributed by atoms with Crippen LogP contribution in [0.15, 0.2) is 36.4 Å². The summed E-state index contributed by atoms with van der Waals surface area (Å²) in [6, 6.07) is 10.6. The van der Waals surface area contributed by atoms with E-state index in [9.17, 15) is 0 Å². The van der Waals surface area contributed by atoms with Crippen molar-refractivity contribution < 1.29 is 12.7 Å². The summed E-state index contributed by atoms with van der Waals surface area (Å²) in [5.74, 6) is 0. The van der Waals surface area contributed by atoms with E-state index < -0.39 is 0 Å². The second-order valence-corrected chi connectivity index (χ2v) is 9.83. The topological polar surface area (TPSA) is 0 Å². The van der Waals surface area contributed by atoms with Gasteiger partial charge in [-0.25, -0.2) is 0 Å². The van der Waals surface area contributed by atoms with Gasteiger partial charge >= 0.3 is 33.0 Å². The van der Waals surface area contributed by atoms with E-state index in [1.165, 1.54) is 11.7 Å². The maximum atomic E-state index is 4.70. The Morgan fingerprint density at radius 1 is 1.05 bits per heavy atom. The Morgan fingerprint density at radius 3 is 1.95 bits per heavy atom. The molecule has 0 heterocycles. The van der Waals surface area contributed by atoms with Crippen LogP contribution in [0.25, 0.3) is 6.08 Å². The van der Waals surface area contributed by atoms with Crippen LogP contribution in [0.5, 0.6) is 0 Å². The van der Waals surface area contributed by atoms with Gasteiger partial charge in [-0.1, -0.05) is 78.1 Å². The van der Waals surface area contributed by atoms with Gasteiger partial charge in [0.05, 0.1) is 0 Å². The fourth-order valence-electron chi connectivity index (χ4n) is 1.89. The number of hydrogen-bond acceptors (Lipinski definition) is 0. The Bertz CT molecular complexity index is 331. The average Bonchev–Trinajstić information content (AvgIpc) is 2.36. The standard InChI is InChI=1S/C15H23P.2ClH.Ni/c1-13(2)16(14(3)4)12-8-11-15-9-6-5-7-10-15;;;/h5-11,13-14H,12H2,1-4H3;2*1H;/q;;;+2/p-2. The third-order valence-corrected chi connectivity index (χ3v) is 6.04. The zero-order chi connectivity index (χ0) is 14.7. The average molecular weight is 364 g/mol. The van der Waals surface area contributed by atoms with Gasteiger partial charge in [-0.3, -0.25) is 0 Å². The van der Waals surface area contributed by atoms with E-state index in [1.54, 1.807) is 0 Å². The number of hydrogen-bond donors (Lipinski definition) is 0. The van der Waals surface area contributed by atoms with Gasteiger partial charge in [-0.15, -0.1) is 0 Å². The van der Waals surface area contributed by atoms with Crippen LogP contribution >= 0.6 is 28.3 Å². The van der Waals surface area contributed by atoms with Crippen LogP contribution in [-0.4, -0.2) is 17.5 Å². The summed E-state index contributed by atoms with van der Waals surface area (Å²) in [5.41, 5.74) is 2.97. The van der Waals surface area contributed by atoms with Crippen molar-refractivity contribution in [2.45, 2.75) is 39.0 Å². The third kappa shape index (κ3) is 9.92. The van der Waals surface area contributed by atoms with E-state index in [0.717, 1.165) is 11.3 Å². The summed E-state index contributed by atoms with van der Waals surface area (Å²) in [7, 11) is 9.54. The van der Waals surface area contributed by atoms with Crippen LogP contribution < -0.4 is 0 Å². The second-order valence-electron chi connectivity index (χ2n) is 4.74. The van der Waals surface area contributed by atoms with E-state index in [2.05, 4.69) is 70.2 Å². The molecule has 4 heteroatoms. The summed E-state index contributed by atoms with van der Waals surface area (Å²) in [4.78, 5) is 0. The Morgan fingerprint density at radius 2 is 1.53 bits per heavy atom. The van der Waals surface area contributed by atoms with Gasteiger partial charge in [-0.2, -0.15) is 0 Å². The molecule has 0 saturated carbocycles. The molecule has 0 fully saturated rings. The first-order valence-corrected chi connectivity index (χ1v) is 10.7. The summed E-state index contributed by atoms with van der Waals surface area (Å²) in [5, 5.41) is 0. The molecule has 0 aliphatic carbocycles. The molecular formula is C15H23Cl2NiP. The molecule has 0 aliphatic heterocycles. The van der Waals surface area contributed by atoms with Gasteiger partial charge in [0.15, 0.2) is 0 Å². The molecule has 1 rings (SSSR count). The monoisotopic (exact) mass is 362 g/mol. The number of rotatable bonds is 5. The van der Waals surface area contributed by atoms with Gasteiger partial charge in [0.25, 0.3) is 0 Å². The molecule has 0 aromatic heterocycles. The van der Waals surface area contributed by atoms with Crippen LogP contribution in [0.1, 0.15) is 33.3 Å². The maximum absolute atomic E-state index is 4.70. The minimum absolute atomic E-state index is 0.138. The van der Waals surface area contributed by atoms with Gasteiger partial charge in [0.2, 0.25) is 0 Å². The molecule has 0 nitrogen and oxygen atoms in total. The number of halogens is 2. The molecule has 0 spiro atoms. The van der Waals surface area contributed by atoms with Crippen LogP contribution in [0, 0.1) is 0 Å². The molecule has 0 amide bonds. The van der Waals surface area contributed by atoms with E-state index in [-0.39, 0.29) is 7.92 Å². The van der Waals surface area contributed by atoms with Gasteiger partial charge in [0.1, 0.15) is 0 Å². The van der Waals surface area contributed by atoms with Crippen molar-refractivity contribution in [3.63, 3.8) is 0 Å². The van der Waals surface area contributed by atoms with Crippen molar-refractivity contribution in [2.75, 3.05) is 6.16 Å². The molecule has 0 unspecified atom stereocenters. The minimum atomic E-state index is 0.138. The van der Waals surface area contributed by atoms with Gasteiger partial charge in [-0.05, 0) is 23.0 Å². The van der Waals surface area contributed by atoms with Crippen LogP contribution in [-0.2, 0) is 12.7 Å². The molecule has 19 heavy (non-hydrogen) atoms. The molecule has 1 aromatic rings. The van der Waals surface area contributed by atoms with E-state index >= 15 is 0 Å². The Hall–Kier alpha value is 0.464. The predicted octanol–water partition coefficient (Wildman–Crippen LogP) is 6.38. The summed E-state index contributed by atoms with van der Waals surface area (Å²) in [6.07, 6.45) is 5.85. The predicted molar refractivity (Wildman–Crippen MR) is 89.2 cm³/mol. The van der Waals surface area contributed by atoms with Crippen molar-refractivity contribution >= 4 is 34.4 Å². The zero-order valence-electron chi connectivity index (χ0n) is 11.9. The van der Waals surface area contributed by atoms with Gasteiger partial charge < -0.3 is 0 Å². The molecule has 0 atom stereocenters. The molecule has 0 bridgehead atoms. The van der Waals surface area contributed by atoms with E-state index in [4.69, 9.17) is 20.4 Å². The first kappa shape index (κ1) is 19.5. The number of benzene rings is 1. The zero-order valence-corrected chi connectivity index (χ0v) is 15.3. The first-order valence-electron chi connectivity index (χ1n) is 6.32. The van der Waals surface area contributed by atoms with E-state index in [1.807, 2.05) is 0 Å². The van der Waals surface area contributed by atoms with Crippen molar-refractivity contribution in [1.29, 1.82) is 0 Å². The third-order valence-electron chi connectivity index (χ3n) is 2.75. The van der Waals surface area contributed by atoms with Crippen LogP contribution in [0.4, 0.5) is 0 Å². The molecule has 112 valence electrons. The Balaban J connectivity index is 0.000000982. The van der Waals surface area contributed by atoms with Crippen molar-refractivity contribution in [3.8, 4) is 0 Å². The fourth-order valence-corrected chi connectivity index (χ4v) is 4.28. The van der Waals surface area contributed by atoms with Crippen molar-refractivity contribution in [2.24, 2.45) is 0 Å². The SMILES string of the molecule is CC(C)P(CC=Cc1ccccc1)C(C)C.[Cl][Ni][Cl]. The summed E-state index contributed by atoms with van der Waals surface area (Å²) >= 11 is 0.569. The van der Waals surface area contributed by atoms with Crippen LogP contribution in [0.3, 0.4) is 0 Å². The Labute approximate surface area is 134 Å². The summed E-state index contributed by atoms with van der Waals surface area (Å²) < 4.78 is 0. The first-order chi connectivity index (χ1) is 9.02. The number of allylic oxidation sites excluding steroid dienone is 1. The molecule has 0 N–H and O–H groups in total.